The van der Waals surface area contributed by atoms with E-state index in [1.54, 1.807) is 6.92 Å². The second-order valence-corrected chi connectivity index (χ2v) is 5.27. The number of carbonyl (C=O) groups is 1. The molecule has 0 aliphatic carbocycles. The van der Waals surface area contributed by atoms with E-state index in [4.69, 9.17) is 9.47 Å². The normalized spacial score (nSPS) is 17.3. The summed E-state index contributed by atoms with van der Waals surface area (Å²) in [7, 11) is 0. The Balaban J connectivity index is 2.54. The van der Waals surface area contributed by atoms with Crippen molar-refractivity contribution in [3.8, 4) is 0 Å². The van der Waals surface area contributed by atoms with Crippen LogP contribution in [0, 0.1) is 0 Å². The van der Waals surface area contributed by atoms with Crippen LogP contribution in [-0.4, -0.2) is 18.2 Å². The highest BCUT2D eigenvalue weighted by atomic mass is 16.5. The second kappa shape index (κ2) is 5.53. The maximum Gasteiger partial charge on any atom is 0.341 e. The van der Waals surface area contributed by atoms with Gasteiger partial charge in [0.15, 0.2) is 0 Å². The molecule has 2 rings (SSSR count). The molecular weight excluding hydrogens is 252 g/mol. The van der Waals surface area contributed by atoms with E-state index in [0.29, 0.717) is 17.9 Å². The Morgan fingerprint density at radius 3 is 2.50 bits per heavy atom. The van der Waals surface area contributed by atoms with Crippen molar-refractivity contribution in [3.05, 3.63) is 53.1 Å². The molecule has 1 aromatic rings. The van der Waals surface area contributed by atoms with Gasteiger partial charge in [0.2, 0.25) is 0 Å². The van der Waals surface area contributed by atoms with Crippen molar-refractivity contribution < 1.29 is 14.3 Å². The highest BCUT2D eigenvalue weighted by molar-refractivity contribution is 6.00. The number of hydrogen-bond donors (Lipinski definition) is 0. The largest absolute Gasteiger partial charge is 0.482 e. The molecule has 3 heteroatoms. The van der Waals surface area contributed by atoms with Gasteiger partial charge in [-0.25, -0.2) is 4.79 Å². The summed E-state index contributed by atoms with van der Waals surface area (Å²) < 4.78 is 11.2. The third-order valence-corrected chi connectivity index (χ3v) is 3.44. The molecule has 1 aromatic carbocycles. The van der Waals surface area contributed by atoms with Crippen LogP contribution >= 0.6 is 0 Å². The van der Waals surface area contributed by atoms with Crippen LogP contribution < -0.4 is 0 Å². The van der Waals surface area contributed by atoms with Gasteiger partial charge in [0.05, 0.1) is 6.61 Å². The summed E-state index contributed by atoms with van der Waals surface area (Å²) in [6, 6.07) is 9.64. The highest BCUT2D eigenvalue weighted by Crippen LogP contribution is 2.36. The molecule has 1 aliphatic heterocycles. The number of hydrogen-bond acceptors (Lipinski definition) is 3. The Kier molecular flexibility index (Phi) is 3.98. The van der Waals surface area contributed by atoms with Crippen LogP contribution in [0.1, 0.15) is 33.3 Å². The first kappa shape index (κ1) is 14.4. The van der Waals surface area contributed by atoms with Crippen LogP contribution in [0.15, 0.2) is 47.6 Å². The monoisotopic (exact) mass is 272 g/mol. The number of esters is 1. The number of ether oxygens (including phenoxy) is 2. The molecule has 0 N–H and O–H groups in total. The molecule has 0 unspecified atom stereocenters. The third kappa shape index (κ3) is 2.77. The molecule has 0 fully saturated rings. The van der Waals surface area contributed by atoms with Gasteiger partial charge < -0.3 is 9.47 Å². The van der Waals surface area contributed by atoms with Crippen molar-refractivity contribution in [3.63, 3.8) is 0 Å². The fourth-order valence-corrected chi connectivity index (χ4v) is 2.01. The maximum absolute atomic E-state index is 12.1. The van der Waals surface area contributed by atoms with Gasteiger partial charge in [0, 0.05) is 5.56 Å². The van der Waals surface area contributed by atoms with Gasteiger partial charge in [-0.2, -0.15) is 0 Å². The number of carbonyl (C=O) groups excluding carboxylic acids is 1. The highest BCUT2D eigenvalue weighted by Gasteiger charge is 2.32. The zero-order valence-electron chi connectivity index (χ0n) is 12.4. The summed E-state index contributed by atoms with van der Waals surface area (Å²) in [6.07, 6.45) is 1.86. The van der Waals surface area contributed by atoms with E-state index in [1.807, 2.05) is 57.2 Å². The molecule has 0 spiro atoms. The van der Waals surface area contributed by atoms with Gasteiger partial charge in [0.1, 0.15) is 16.9 Å². The van der Waals surface area contributed by atoms with Gasteiger partial charge >= 0.3 is 5.97 Å². The molecule has 0 bridgehead atoms. The van der Waals surface area contributed by atoms with E-state index < -0.39 is 5.60 Å². The fraction of sp³-hybridized carbons (Fsp3) is 0.353. The van der Waals surface area contributed by atoms with Crippen LogP contribution in [0.4, 0.5) is 0 Å². The van der Waals surface area contributed by atoms with E-state index >= 15 is 0 Å². The average molecular weight is 272 g/mol. The predicted molar refractivity (Wildman–Crippen MR) is 78.9 cm³/mol. The lowest BCUT2D eigenvalue weighted by atomic mass is 9.92. The van der Waals surface area contributed by atoms with E-state index in [1.165, 1.54) is 0 Å². The Morgan fingerprint density at radius 2 is 1.90 bits per heavy atom. The second-order valence-electron chi connectivity index (χ2n) is 5.27. The Bertz CT molecular complexity index is 565. The molecule has 1 heterocycles. The van der Waals surface area contributed by atoms with Crippen LogP contribution in [0.5, 0.6) is 0 Å². The smallest absolute Gasteiger partial charge is 0.341 e. The van der Waals surface area contributed by atoms with Gasteiger partial charge in [0.25, 0.3) is 0 Å². The summed E-state index contributed by atoms with van der Waals surface area (Å²) in [5.74, 6) is 0.237. The summed E-state index contributed by atoms with van der Waals surface area (Å²) >= 11 is 0. The SMILES string of the molecule is CCOC(=O)C1=C(c2ccccc2)OC(C)(C)C(C)=C1. The molecular formula is C17H20O3. The minimum absolute atomic E-state index is 0.346. The summed E-state index contributed by atoms with van der Waals surface area (Å²) in [4.78, 5) is 12.1. The van der Waals surface area contributed by atoms with Gasteiger partial charge in [-0.05, 0) is 39.3 Å². The number of rotatable bonds is 3. The maximum atomic E-state index is 12.1. The van der Waals surface area contributed by atoms with E-state index in [9.17, 15) is 4.79 Å². The summed E-state index contributed by atoms with van der Waals surface area (Å²) in [5, 5.41) is 0. The van der Waals surface area contributed by atoms with Crippen molar-refractivity contribution in [2.75, 3.05) is 6.61 Å². The molecule has 106 valence electrons. The molecule has 0 atom stereocenters. The van der Waals surface area contributed by atoms with Gasteiger partial charge in [-0.3, -0.25) is 0 Å². The lowest BCUT2D eigenvalue weighted by Gasteiger charge is -2.33. The van der Waals surface area contributed by atoms with E-state index in [0.717, 1.165) is 11.1 Å². The quantitative estimate of drug-likeness (QED) is 0.787. The molecule has 0 saturated carbocycles. The topological polar surface area (TPSA) is 35.5 Å². The molecule has 0 amide bonds. The minimum atomic E-state index is -0.429. The molecule has 0 aromatic heterocycles. The number of benzene rings is 1. The van der Waals surface area contributed by atoms with Crippen molar-refractivity contribution in [1.82, 2.24) is 0 Å². The molecule has 3 nitrogen and oxygen atoms in total. The zero-order valence-corrected chi connectivity index (χ0v) is 12.4. The summed E-state index contributed by atoms with van der Waals surface area (Å²) in [6.45, 7) is 8.08. The van der Waals surface area contributed by atoms with Crippen molar-refractivity contribution in [2.24, 2.45) is 0 Å². The molecule has 0 saturated heterocycles. The molecule has 20 heavy (non-hydrogen) atoms. The fourth-order valence-electron chi connectivity index (χ4n) is 2.01. The lowest BCUT2D eigenvalue weighted by molar-refractivity contribution is -0.138. The van der Waals surface area contributed by atoms with Crippen molar-refractivity contribution >= 4 is 11.7 Å². The first-order valence-electron chi connectivity index (χ1n) is 6.80. The van der Waals surface area contributed by atoms with Crippen LogP contribution in [0.3, 0.4) is 0 Å². The molecule has 0 radical (unpaired) electrons. The molecule has 1 aliphatic rings. The third-order valence-electron chi connectivity index (χ3n) is 3.44. The Labute approximate surface area is 119 Å². The van der Waals surface area contributed by atoms with Crippen molar-refractivity contribution in [2.45, 2.75) is 33.3 Å². The van der Waals surface area contributed by atoms with Crippen molar-refractivity contribution in [1.29, 1.82) is 0 Å². The first-order chi connectivity index (χ1) is 9.45. The Hall–Kier alpha value is -2.03. The van der Waals surface area contributed by atoms with Gasteiger partial charge in [-0.1, -0.05) is 30.3 Å². The first-order valence-corrected chi connectivity index (χ1v) is 6.80. The lowest BCUT2D eigenvalue weighted by Crippen LogP contribution is -2.30. The standard InChI is InChI=1S/C17H20O3/c1-5-19-16(18)14-11-12(2)17(3,4)20-15(14)13-9-7-6-8-10-13/h6-11H,5H2,1-4H3. The van der Waals surface area contributed by atoms with Gasteiger partial charge in [-0.15, -0.1) is 0 Å². The van der Waals surface area contributed by atoms with Crippen LogP contribution in [0.25, 0.3) is 5.76 Å². The average Bonchev–Trinajstić information content (AvgIpc) is 2.42. The zero-order chi connectivity index (χ0) is 14.8. The van der Waals surface area contributed by atoms with Crippen LogP contribution in [-0.2, 0) is 14.3 Å². The minimum Gasteiger partial charge on any atom is -0.482 e. The van der Waals surface area contributed by atoms with E-state index in [-0.39, 0.29) is 5.97 Å². The van der Waals surface area contributed by atoms with E-state index in [2.05, 4.69) is 0 Å². The summed E-state index contributed by atoms with van der Waals surface area (Å²) in [5.41, 5.74) is 1.93. The predicted octanol–water partition coefficient (Wildman–Crippen LogP) is 3.72. The Morgan fingerprint density at radius 1 is 1.25 bits per heavy atom. The van der Waals surface area contributed by atoms with Crippen LogP contribution in [0.2, 0.25) is 0 Å².